The van der Waals surface area contributed by atoms with Crippen molar-refractivity contribution in [1.82, 2.24) is 15.3 Å². The number of rotatable bonds is 6. The molecule has 0 fully saturated rings. The standard InChI is InChI=1S/C24H19F2N3/c25-23-5-1-19(2-6-23)21-9-17(13-28-15-21)11-27-12-18-10-22(16-29-14-18)20-3-7-24(26)8-4-20/h1-10,13-16,27H,11-12H2. The summed E-state index contributed by atoms with van der Waals surface area (Å²) < 4.78 is 26.2. The van der Waals surface area contributed by atoms with E-state index in [0.717, 1.165) is 33.4 Å². The van der Waals surface area contributed by atoms with Crippen molar-refractivity contribution in [2.45, 2.75) is 13.1 Å². The Balaban J connectivity index is 1.40. The highest BCUT2D eigenvalue weighted by Crippen LogP contribution is 2.21. The summed E-state index contributed by atoms with van der Waals surface area (Å²) in [7, 11) is 0. The average molecular weight is 387 g/mol. The normalized spacial score (nSPS) is 10.8. The number of pyridine rings is 2. The first-order valence-corrected chi connectivity index (χ1v) is 9.28. The molecule has 5 heteroatoms. The quantitative estimate of drug-likeness (QED) is 0.483. The number of halogens is 2. The van der Waals surface area contributed by atoms with Gasteiger partial charge in [0.05, 0.1) is 0 Å². The molecule has 2 aromatic heterocycles. The van der Waals surface area contributed by atoms with Crippen molar-refractivity contribution in [2.24, 2.45) is 0 Å². The van der Waals surface area contributed by atoms with Crippen molar-refractivity contribution in [3.8, 4) is 22.3 Å². The highest BCUT2D eigenvalue weighted by molar-refractivity contribution is 5.63. The van der Waals surface area contributed by atoms with Crippen LogP contribution in [0.2, 0.25) is 0 Å². The predicted molar refractivity (Wildman–Crippen MR) is 110 cm³/mol. The molecule has 2 heterocycles. The van der Waals surface area contributed by atoms with Gasteiger partial charge in [0.25, 0.3) is 0 Å². The van der Waals surface area contributed by atoms with E-state index in [9.17, 15) is 8.78 Å². The molecule has 0 bridgehead atoms. The number of hydrogen-bond acceptors (Lipinski definition) is 3. The molecule has 29 heavy (non-hydrogen) atoms. The maximum Gasteiger partial charge on any atom is 0.123 e. The summed E-state index contributed by atoms with van der Waals surface area (Å²) in [6.07, 6.45) is 7.17. The minimum absolute atomic E-state index is 0.254. The molecule has 0 atom stereocenters. The van der Waals surface area contributed by atoms with Gasteiger partial charge in [-0.2, -0.15) is 0 Å². The smallest absolute Gasteiger partial charge is 0.123 e. The van der Waals surface area contributed by atoms with Crippen LogP contribution in [0.15, 0.2) is 85.5 Å². The lowest BCUT2D eigenvalue weighted by atomic mass is 10.1. The molecule has 0 aliphatic rings. The van der Waals surface area contributed by atoms with Crippen LogP contribution in [0.4, 0.5) is 8.78 Å². The highest BCUT2D eigenvalue weighted by atomic mass is 19.1. The Labute approximate surface area is 168 Å². The van der Waals surface area contributed by atoms with E-state index >= 15 is 0 Å². The van der Waals surface area contributed by atoms with Crippen molar-refractivity contribution >= 4 is 0 Å². The van der Waals surface area contributed by atoms with Gasteiger partial charge in [-0.1, -0.05) is 24.3 Å². The van der Waals surface area contributed by atoms with Crippen LogP contribution < -0.4 is 5.32 Å². The summed E-state index contributed by atoms with van der Waals surface area (Å²) in [5.74, 6) is -0.507. The molecule has 0 aliphatic heterocycles. The fourth-order valence-electron chi connectivity index (χ4n) is 3.12. The highest BCUT2D eigenvalue weighted by Gasteiger charge is 2.03. The van der Waals surface area contributed by atoms with Crippen molar-refractivity contribution in [2.75, 3.05) is 0 Å². The molecule has 2 aromatic carbocycles. The van der Waals surface area contributed by atoms with Crippen molar-refractivity contribution in [3.63, 3.8) is 0 Å². The summed E-state index contributed by atoms with van der Waals surface area (Å²) in [5.41, 5.74) is 5.83. The summed E-state index contributed by atoms with van der Waals surface area (Å²) in [4.78, 5) is 8.59. The van der Waals surface area contributed by atoms with E-state index in [1.165, 1.54) is 24.3 Å². The van der Waals surface area contributed by atoms with Gasteiger partial charge in [0.2, 0.25) is 0 Å². The van der Waals surface area contributed by atoms with Gasteiger partial charge >= 0.3 is 0 Å². The van der Waals surface area contributed by atoms with Gasteiger partial charge in [0.1, 0.15) is 11.6 Å². The Kier molecular flexibility index (Phi) is 5.68. The van der Waals surface area contributed by atoms with Crippen LogP contribution in [0.5, 0.6) is 0 Å². The van der Waals surface area contributed by atoms with Crippen LogP contribution in [0.1, 0.15) is 11.1 Å². The molecule has 0 unspecified atom stereocenters. The van der Waals surface area contributed by atoms with Gasteiger partial charge in [-0.15, -0.1) is 0 Å². The van der Waals surface area contributed by atoms with Crippen LogP contribution in [0, 0.1) is 11.6 Å². The lowest BCUT2D eigenvalue weighted by Gasteiger charge is -2.08. The first kappa shape index (κ1) is 18.9. The minimum atomic E-state index is -0.254. The zero-order chi connectivity index (χ0) is 20.1. The molecule has 4 rings (SSSR count). The largest absolute Gasteiger partial charge is 0.309 e. The topological polar surface area (TPSA) is 37.8 Å². The average Bonchev–Trinajstić information content (AvgIpc) is 2.75. The molecule has 0 saturated heterocycles. The van der Waals surface area contributed by atoms with Gasteiger partial charge in [0, 0.05) is 49.0 Å². The Bertz CT molecular complexity index is 1000. The summed E-state index contributed by atoms with van der Waals surface area (Å²) in [5, 5.41) is 3.39. The van der Waals surface area contributed by atoms with Crippen LogP contribution in [0.25, 0.3) is 22.3 Å². The maximum absolute atomic E-state index is 13.1. The molecular weight excluding hydrogens is 368 g/mol. The Morgan fingerprint density at radius 2 is 0.966 bits per heavy atom. The molecule has 0 amide bonds. The number of hydrogen-bond donors (Lipinski definition) is 1. The van der Waals surface area contributed by atoms with Crippen LogP contribution in [-0.4, -0.2) is 9.97 Å². The minimum Gasteiger partial charge on any atom is -0.309 e. The second-order valence-electron chi connectivity index (χ2n) is 6.78. The van der Waals surface area contributed by atoms with E-state index in [4.69, 9.17) is 0 Å². The monoisotopic (exact) mass is 387 g/mol. The van der Waals surface area contributed by atoms with E-state index in [0.29, 0.717) is 13.1 Å². The van der Waals surface area contributed by atoms with E-state index in [1.54, 1.807) is 36.7 Å². The fourth-order valence-corrected chi connectivity index (χ4v) is 3.12. The fraction of sp³-hybridized carbons (Fsp3) is 0.0833. The van der Waals surface area contributed by atoms with E-state index in [2.05, 4.69) is 15.3 Å². The summed E-state index contributed by atoms with van der Waals surface area (Å²) >= 11 is 0. The number of benzene rings is 2. The second-order valence-corrected chi connectivity index (χ2v) is 6.78. The molecule has 0 saturated carbocycles. The first-order valence-electron chi connectivity index (χ1n) is 9.28. The number of nitrogens with zero attached hydrogens (tertiary/aromatic N) is 2. The molecule has 1 N–H and O–H groups in total. The lowest BCUT2D eigenvalue weighted by molar-refractivity contribution is 0.627. The summed E-state index contributed by atoms with van der Waals surface area (Å²) in [6.45, 7) is 1.28. The molecule has 144 valence electrons. The number of nitrogens with one attached hydrogen (secondary N) is 1. The molecular formula is C24H19F2N3. The molecule has 3 nitrogen and oxygen atoms in total. The lowest BCUT2D eigenvalue weighted by Crippen LogP contribution is -2.13. The van der Waals surface area contributed by atoms with E-state index in [1.807, 2.05) is 24.5 Å². The number of aromatic nitrogens is 2. The summed E-state index contributed by atoms with van der Waals surface area (Å²) in [6, 6.07) is 16.9. The van der Waals surface area contributed by atoms with Gasteiger partial charge in [-0.3, -0.25) is 9.97 Å². The van der Waals surface area contributed by atoms with Gasteiger partial charge in [-0.25, -0.2) is 8.78 Å². The van der Waals surface area contributed by atoms with Crippen molar-refractivity contribution < 1.29 is 8.78 Å². The van der Waals surface area contributed by atoms with Gasteiger partial charge < -0.3 is 5.32 Å². The Morgan fingerprint density at radius 1 is 0.552 bits per heavy atom. The van der Waals surface area contributed by atoms with Crippen LogP contribution >= 0.6 is 0 Å². The third-order valence-corrected chi connectivity index (χ3v) is 4.60. The van der Waals surface area contributed by atoms with Gasteiger partial charge in [0.15, 0.2) is 0 Å². The predicted octanol–water partition coefficient (Wildman–Crippen LogP) is 5.38. The molecule has 0 aliphatic carbocycles. The third kappa shape index (κ3) is 4.89. The van der Waals surface area contributed by atoms with Crippen molar-refractivity contribution in [1.29, 1.82) is 0 Å². The zero-order valence-electron chi connectivity index (χ0n) is 15.6. The molecule has 4 aromatic rings. The maximum atomic E-state index is 13.1. The Hall–Kier alpha value is -3.44. The van der Waals surface area contributed by atoms with E-state index in [-0.39, 0.29) is 11.6 Å². The van der Waals surface area contributed by atoms with Gasteiger partial charge in [-0.05, 0) is 58.7 Å². The third-order valence-electron chi connectivity index (χ3n) is 4.60. The van der Waals surface area contributed by atoms with Crippen LogP contribution in [-0.2, 0) is 13.1 Å². The zero-order valence-corrected chi connectivity index (χ0v) is 15.6. The first-order chi connectivity index (χ1) is 14.2. The van der Waals surface area contributed by atoms with E-state index < -0.39 is 0 Å². The van der Waals surface area contributed by atoms with Crippen molar-refractivity contribution in [3.05, 3.63) is 108 Å². The molecule has 0 spiro atoms. The van der Waals surface area contributed by atoms with Crippen LogP contribution in [0.3, 0.4) is 0 Å². The SMILES string of the molecule is Fc1ccc(-c2cncc(CNCc3cncc(-c4ccc(F)cc4)c3)c2)cc1. The Morgan fingerprint density at radius 3 is 1.38 bits per heavy atom. The molecule has 0 radical (unpaired) electrons. The second kappa shape index (κ2) is 8.71.